The summed E-state index contributed by atoms with van der Waals surface area (Å²) in [5.74, 6) is -0.306. The monoisotopic (exact) mass is 403 g/mol. The summed E-state index contributed by atoms with van der Waals surface area (Å²) in [5, 5.41) is 5.23. The second-order valence-corrected chi connectivity index (χ2v) is 9.02. The highest BCUT2D eigenvalue weighted by atomic mass is 32.2. The van der Waals surface area contributed by atoms with Gasteiger partial charge in [0.1, 0.15) is 0 Å². The first-order valence-electron chi connectivity index (χ1n) is 8.53. The lowest BCUT2D eigenvalue weighted by atomic mass is 10.1. The minimum Gasteiger partial charge on any atom is -0.316 e. The van der Waals surface area contributed by atoms with Crippen LogP contribution in [-0.2, 0) is 16.6 Å². The number of nitrogens with zero attached hydrogens (tertiary/aromatic N) is 2. The van der Waals surface area contributed by atoms with E-state index in [0.29, 0.717) is 16.9 Å². The van der Waals surface area contributed by atoms with E-state index >= 15 is 0 Å². The average molecular weight is 404 g/mol. The van der Waals surface area contributed by atoms with Crippen LogP contribution < -0.4 is 9.94 Å². The quantitative estimate of drug-likeness (QED) is 0.725. The van der Waals surface area contributed by atoms with E-state index in [1.807, 2.05) is 43.5 Å². The fourth-order valence-electron chi connectivity index (χ4n) is 2.87. The van der Waals surface area contributed by atoms with Gasteiger partial charge in [-0.3, -0.25) is 4.79 Å². The third kappa shape index (κ3) is 4.02. The Balaban J connectivity index is 2.20. The maximum Gasteiger partial charge on any atom is 0.279 e. The van der Waals surface area contributed by atoms with Crippen molar-refractivity contribution in [2.45, 2.75) is 38.6 Å². The van der Waals surface area contributed by atoms with Gasteiger partial charge in [-0.2, -0.15) is 4.99 Å². The summed E-state index contributed by atoms with van der Waals surface area (Å²) in [6, 6.07) is 10.4. The van der Waals surface area contributed by atoms with Gasteiger partial charge in [-0.1, -0.05) is 36.0 Å². The predicted octanol–water partition coefficient (Wildman–Crippen LogP) is 3.12. The van der Waals surface area contributed by atoms with Crippen LogP contribution in [0.25, 0.3) is 10.2 Å². The molecule has 2 N–H and O–H groups in total. The van der Waals surface area contributed by atoms with Gasteiger partial charge >= 0.3 is 0 Å². The van der Waals surface area contributed by atoms with Crippen LogP contribution in [-0.4, -0.2) is 18.9 Å². The summed E-state index contributed by atoms with van der Waals surface area (Å²) in [4.78, 5) is 17.7. The van der Waals surface area contributed by atoms with Crippen molar-refractivity contribution in [2.24, 2.45) is 10.1 Å². The largest absolute Gasteiger partial charge is 0.316 e. The smallest absolute Gasteiger partial charge is 0.279 e. The van der Waals surface area contributed by atoms with Gasteiger partial charge < -0.3 is 4.57 Å². The van der Waals surface area contributed by atoms with Gasteiger partial charge in [-0.25, -0.2) is 13.6 Å². The van der Waals surface area contributed by atoms with Crippen LogP contribution >= 0.6 is 11.3 Å². The number of carbonyl (C=O) groups excluding carboxylic acids is 1. The van der Waals surface area contributed by atoms with Crippen LogP contribution in [0.4, 0.5) is 0 Å². The van der Waals surface area contributed by atoms with E-state index in [2.05, 4.69) is 4.99 Å². The van der Waals surface area contributed by atoms with E-state index in [-0.39, 0.29) is 10.8 Å². The molecule has 0 aliphatic carbocycles. The number of primary sulfonamides is 1. The molecule has 0 aliphatic rings. The fourth-order valence-corrected chi connectivity index (χ4v) is 4.58. The highest BCUT2D eigenvalue weighted by Crippen LogP contribution is 2.22. The number of sulfonamides is 1. The van der Waals surface area contributed by atoms with E-state index in [1.54, 1.807) is 6.07 Å². The third-order valence-electron chi connectivity index (χ3n) is 4.25. The molecule has 0 aliphatic heterocycles. The number of amides is 1. The molecule has 0 spiro atoms. The molecule has 2 aromatic carbocycles. The number of hydrogen-bond acceptors (Lipinski definition) is 4. The number of aromatic nitrogens is 1. The molecular weight excluding hydrogens is 382 g/mol. The molecule has 142 valence electrons. The Kier molecular flexibility index (Phi) is 5.32. The molecule has 1 heterocycles. The number of carbonyl (C=O) groups is 1. The Labute approximate surface area is 162 Å². The zero-order valence-electron chi connectivity index (χ0n) is 15.4. The van der Waals surface area contributed by atoms with Gasteiger partial charge in [0, 0.05) is 12.1 Å². The van der Waals surface area contributed by atoms with Crippen molar-refractivity contribution in [1.82, 2.24) is 4.57 Å². The molecule has 0 unspecified atom stereocenters. The zero-order chi connectivity index (χ0) is 19.8. The minimum atomic E-state index is -3.79. The minimum absolute atomic E-state index is 0.0484. The number of thiazole rings is 1. The average Bonchev–Trinajstić information content (AvgIpc) is 2.93. The number of nitrogens with two attached hydrogens (primary N) is 1. The van der Waals surface area contributed by atoms with Crippen molar-refractivity contribution in [3.63, 3.8) is 0 Å². The molecule has 0 saturated heterocycles. The molecule has 0 bridgehead atoms. The summed E-state index contributed by atoms with van der Waals surface area (Å²) in [6.45, 7) is 6.52. The Bertz CT molecular complexity index is 1200. The molecule has 27 heavy (non-hydrogen) atoms. The molecule has 0 saturated carbocycles. The van der Waals surface area contributed by atoms with Gasteiger partial charge in [0.05, 0.1) is 15.1 Å². The molecule has 0 atom stereocenters. The van der Waals surface area contributed by atoms with Crippen LogP contribution in [0.2, 0.25) is 0 Å². The van der Waals surface area contributed by atoms with Crippen molar-refractivity contribution in [3.8, 4) is 0 Å². The summed E-state index contributed by atoms with van der Waals surface area (Å²) in [5.41, 5.74) is 3.27. The Morgan fingerprint density at radius 1 is 1.19 bits per heavy atom. The predicted molar refractivity (Wildman–Crippen MR) is 107 cm³/mol. The molecule has 8 heteroatoms. The number of fused-ring (bicyclic) bond motifs is 1. The molecule has 0 radical (unpaired) electrons. The summed E-state index contributed by atoms with van der Waals surface area (Å²) in [7, 11) is -3.79. The Morgan fingerprint density at radius 2 is 1.93 bits per heavy atom. The van der Waals surface area contributed by atoms with Crippen molar-refractivity contribution >= 4 is 37.5 Å². The van der Waals surface area contributed by atoms with Crippen LogP contribution in [0.5, 0.6) is 0 Å². The first kappa shape index (κ1) is 19.5. The van der Waals surface area contributed by atoms with Gasteiger partial charge in [0.25, 0.3) is 5.91 Å². The van der Waals surface area contributed by atoms with Gasteiger partial charge in [0.2, 0.25) is 10.0 Å². The van der Waals surface area contributed by atoms with Gasteiger partial charge in [0.15, 0.2) is 4.80 Å². The van der Waals surface area contributed by atoms with E-state index in [1.165, 1.54) is 23.5 Å². The zero-order valence-corrected chi connectivity index (χ0v) is 17.0. The SMILES string of the molecule is CCCn1c(=NC(=O)c2cc(C)ccc2C)sc2cc(S(N)(=O)=O)ccc21. The van der Waals surface area contributed by atoms with E-state index in [9.17, 15) is 13.2 Å². The van der Waals surface area contributed by atoms with Gasteiger partial charge in [-0.05, 0) is 50.1 Å². The molecule has 3 aromatic rings. The Hall–Kier alpha value is -2.29. The van der Waals surface area contributed by atoms with Crippen LogP contribution in [0.1, 0.15) is 34.8 Å². The number of benzene rings is 2. The standard InChI is InChI=1S/C19H21N3O3S2/c1-4-9-22-16-8-7-14(27(20,24)25)11-17(16)26-19(22)21-18(23)15-10-12(2)5-6-13(15)3/h5-8,10-11H,4,9H2,1-3H3,(H2,20,24,25). The maximum absolute atomic E-state index is 12.8. The summed E-state index contributed by atoms with van der Waals surface area (Å²) < 4.78 is 25.9. The second-order valence-electron chi connectivity index (χ2n) is 6.45. The second kappa shape index (κ2) is 7.38. The molecule has 6 nitrogen and oxygen atoms in total. The van der Waals surface area contributed by atoms with Crippen LogP contribution in [0.3, 0.4) is 0 Å². The lowest BCUT2D eigenvalue weighted by Gasteiger charge is -2.04. The van der Waals surface area contributed by atoms with Crippen LogP contribution in [0.15, 0.2) is 46.3 Å². The van der Waals surface area contributed by atoms with Crippen molar-refractivity contribution in [2.75, 3.05) is 0 Å². The van der Waals surface area contributed by atoms with Crippen molar-refractivity contribution < 1.29 is 13.2 Å². The lowest BCUT2D eigenvalue weighted by molar-refractivity contribution is 0.0997. The summed E-state index contributed by atoms with van der Waals surface area (Å²) in [6.07, 6.45) is 0.855. The Morgan fingerprint density at radius 3 is 2.59 bits per heavy atom. The van der Waals surface area contributed by atoms with Gasteiger partial charge in [-0.15, -0.1) is 0 Å². The lowest BCUT2D eigenvalue weighted by Crippen LogP contribution is -2.17. The maximum atomic E-state index is 12.8. The normalized spacial score (nSPS) is 12.7. The van der Waals surface area contributed by atoms with E-state index in [4.69, 9.17) is 5.14 Å². The van der Waals surface area contributed by atoms with E-state index in [0.717, 1.165) is 27.8 Å². The first-order valence-corrected chi connectivity index (χ1v) is 10.9. The highest BCUT2D eigenvalue weighted by molar-refractivity contribution is 7.89. The van der Waals surface area contributed by atoms with Crippen LogP contribution in [0, 0.1) is 13.8 Å². The van der Waals surface area contributed by atoms with Crippen molar-refractivity contribution in [1.29, 1.82) is 0 Å². The molecule has 1 aromatic heterocycles. The molecule has 0 fully saturated rings. The van der Waals surface area contributed by atoms with E-state index < -0.39 is 10.0 Å². The molecular formula is C19H21N3O3S2. The molecule has 3 rings (SSSR count). The topological polar surface area (TPSA) is 94.5 Å². The summed E-state index contributed by atoms with van der Waals surface area (Å²) >= 11 is 1.28. The third-order valence-corrected chi connectivity index (χ3v) is 6.20. The number of hydrogen-bond donors (Lipinski definition) is 1. The first-order chi connectivity index (χ1) is 12.7. The highest BCUT2D eigenvalue weighted by Gasteiger charge is 2.14. The number of aryl methyl sites for hydroxylation is 3. The molecule has 1 amide bonds. The van der Waals surface area contributed by atoms with Crippen molar-refractivity contribution in [3.05, 3.63) is 57.9 Å². The fraction of sp³-hybridized carbons (Fsp3) is 0.263. The number of rotatable bonds is 4.